The highest BCUT2D eigenvalue weighted by atomic mass is 16.7. The van der Waals surface area contributed by atoms with Crippen LogP contribution in [0.3, 0.4) is 0 Å². The molecule has 0 aliphatic heterocycles. The Morgan fingerprint density at radius 1 is 1.15 bits per heavy atom. The number of rotatable bonds is 7. The topological polar surface area (TPSA) is 105 Å². The lowest BCUT2D eigenvalue weighted by atomic mass is 9.71. The molecule has 0 aliphatic carbocycles. The quantitative estimate of drug-likeness (QED) is 0.717. The van der Waals surface area contributed by atoms with Gasteiger partial charge < -0.3 is 15.2 Å². The molecule has 0 radical (unpaired) electrons. The van der Waals surface area contributed by atoms with Gasteiger partial charge in [0.05, 0.1) is 13.5 Å². The lowest BCUT2D eigenvalue weighted by molar-refractivity contribution is -0.175. The van der Waals surface area contributed by atoms with Gasteiger partial charge in [0.2, 0.25) is 5.91 Å². The normalized spacial score (nSPS) is 13.4. The number of aliphatic carboxylic acids is 1. The number of ether oxygens (including phenoxy) is 1. The molecule has 1 aromatic rings. The number of carboxylic acids is 1. The van der Waals surface area contributed by atoms with E-state index in [1.165, 1.54) is 14.2 Å². The Morgan fingerprint density at radius 3 is 2.19 bits per heavy atom. The van der Waals surface area contributed by atoms with Crippen LogP contribution in [0.4, 0.5) is 4.79 Å². The second-order valence-corrected chi connectivity index (χ2v) is 6.90. The van der Waals surface area contributed by atoms with Gasteiger partial charge in [0, 0.05) is 7.05 Å². The molecule has 0 heterocycles. The number of benzene rings is 1. The molecule has 0 saturated carbocycles. The number of carboxylic acid groups (broad SMARTS) is 1. The molecule has 0 aromatic heterocycles. The first-order chi connectivity index (χ1) is 12.0. The maximum absolute atomic E-state index is 12.3. The molecule has 1 atom stereocenters. The number of amides is 2. The number of nitrogens with one attached hydrogen (secondary N) is 1. The standard InChI is InChI=1S/C18H26N2O6/c1-17(2,3)18(15(22)23,11-14(21)20(4)25-5)19-16(24)26-12-13-9-7-6-8-10-13/h6-10H,11-12H2,1-5H3,(H,19,24)(H,22,23). The predicted octanol–water partition coefficient (Wildman–Crippen LogP) is 2.19. The van der Waals surface area contributed by atoms with Gasteiger partial charge in [-0.3, -0.25) is 9.63 Å². The summed E-state index contributed by atoms with van der Waals surface area (Å²) in [7, 11) is 2.66. The molecule has 2 amide bonds. The molecule has 0 spiro atoms. The number of hydrogen-bond donors (Lipinski definition) is 2. The molecular weight excluding hydrogens is 340 g/mol. The van der Waals surface area contributed by atoms with Crippen molar-refractivity contribution in [3.8, 4) is 0 Å². The van der Waals surface area contributed by atoms with E-state index in [0.717, 1.165) is 10.6 Å². The third kappa shape index (κ3) is 5.19. The number of nitrogens with zero attached hydrogens (tertiary/aromatic N) is 1. The molecular formula is C18H26N2O6. The summed E-state index contributed by atoms with van der Waals surface area (Å²) in [4.78, 5) is 41.3. The number of hydroxylamine groups is 2. The summed E-state index contributed by atoms with van der Waals surface area (Å²) in [5, 5.41) is 13.1. The highest BCUT2D eigenvalue weighted by molar-refractivity contribution is 5.91. The first kappa shape index (κ1) is 21.4. The number of carbonyl (C=O) groups is 3. The number of carbonyl (C=O) groups excluding carboxylic acids is 2. The monoisotopic (exact) mass is 366 g/mol. The highest BCUT2D eigenvalue weighted by Crippen LogP contribution is 2.34. The van der Waals surface area contributed by atoms with Crippen molar-refractivity contribution in [2.45, 2.75) is 39.3 Å². The molecule has 2 N–H and O–H groups in total. The van der Waals surface area contributed by atoms with E-state index in [1.807, 2.05) is 6.07 Å². The highest BCUT2D eigenvalue weighted by Gasteiger charge is 2.52. The van der Waals surface area contributed by atoms with E-state index in [0.29, 0.717) is 0 Å². The molecule has 144 valence electrons. The fourth-order valence-electron chi connectivity index (χ4n) is 2.32. The van der Waals surface area contributed by atoms with E-state index in [9.17, 15) is 19.5 Å². The van der Waals surface area contributed by atoms with Gasteiger partial charge in [0.15, 0.2) is 5.54 Å². The summed E-state index contributed by atoms with van der Waals surface area (Å²) in [6, 6.07) is 8.98. The zero-order valence-electron chi connectivity index (χ0n) is 15.7. The minimum Gasteiger partial charge on any atom is -0.479 e. The van der Waals surface area contributed by atoms with Crippen LogP contribution in [0.15, 0.2) is 30.3 Å². The van der Waals surface area contributed by atoms with Crippen LogP contribution in [-0.2, 0) is 25.8 Å². The Labute approximate surface area is 153 Å². The Morgan fingerprint density at radius 2 is 1.73 bits per heavy atom. The second-order valence-electron chi connectivity index (χ2n) is 6.90. The predicted molar refractivity (Wildman–Crippen MR) is 94.0 cm³/mol. The van der Waals surface area contributed by atoms with Crippen molar-refractivity contribution in [3.05, 3.63) is 35.9 Å². The van der Waals surface area contributed by atoms with Gasteiger partial charge in [-0.05, 0) is 11.0 Å². The van der Waals surface area contributed by atoms with Crippen LogP contribution in [0.2, 0.25) is 0 Å². The smallest absolute Gasteiger partial charge is 0.408 e. The van der Waals surface area contributed by atoms with Crippen LogP contribution < -0.4 is 5.32 Å². The Hall–Kier alpha value is -2.61. The second kappa shape index (κ2) is 8.66. The van der Waals surface area contributed by atoms with Crippen molar-refractivity contribution in [3.63, 3.8) is 0 Å². The summed E-state index contributed by atoms with van der Waals surface area (Å²) >= 11 is 0. The zero-order chi connectivity index (χ0) is 20.0. The molecule has 0 aliphatic rings. The Balaban J connectivity index is 2.99. The maximum atomic E-state index is 12.3. The third-order valence-electron chi connectivity index (χ3n) is 4.22. The minimum atomic E-state index is -1.87. The number of hydrogen-bond acceptors (Lipinski definition) is 5. The molecule has 1 unspecified atom stereocenters. The van der Waals surface area contributed by atoms with E-state index < -0.39 is 35.3 Å². The SMILES string of the molecule is CON(C)C(=O)CC(NC(=O)OCc1ccccc1)(C(=O)O)C(C)(C)C. The van der Waals surface area contributed by atoms with Gasteiger partial charge in [0.25, 0.3) is 0 Å². The summed E-state index contributed by atoms with van der Waals surface area (Å²) in [6.07, 6.45) is -1.41. The van der Waals surface area contributed by atoms with E-state index in [-0.39, 0.29) is 6.61 Å². The van der Waals surface area contributed by atoms with Crippen molar-refractivity contribution < 1.29 is 29.1 Å². The fourth-order valence-corrected chi connectivity index (χ4v) is 2.32. The zero-order valence-corrected chi connectivity index (χ0v) is 15.7. The van der Waals surface area contributed by atoms with Crippen molar-refractivity contribution >= 4 is 18.0 Å². The lowest BCUT2D eigenvalue weighted by Gasteiger charge is -2.41. The van der Waals surface area contributed by atoms with E-state index in [2.05, 4.69) is 5.32 Å². The van der Waals surface area contributed by atoms with Crippen LogP contribution in [0.1, 0.15) is 32.8 Å². The van der Waals surface area contributed by atoms with Crippen molar-refractivity contribution in [1.82, 2.24) is 10.4 Å². The van der Waals surface area contributed by atoms with Gasteiger partial charge >= 0.3 is 12.1 Å². The first-order valence-electron chi connectivity index (χ1n) is 8.06. The summed E-state index contributed by atoms with van der Waals surface area (Å²) in [5.41, 5.74) is -2.09. The average molecular weight is 366 g/mol. The van der Waals surface area contributed by atoms with E-state index in [4.69, 9.17) is 9.57 Å². The fraction of sp³-hybridized carbons (Fsp3) is 0.500. The molecule has 8 nitrogen and oxygen atoms in total. The maximum Gasteiger partial charge on any atom is 0.408 e. The lowest BCUT2D eigenvalue weighted by Crippen LogP contribution is -2.64. The number of alkyl carbamates (subject to hydrolysis) is 1. The molecule has 0 bridgehead atoms. The molecule has 1 aromatic carbocycles. The Kier molecular flexibility index (Phi) is 7.14. The van der Waals surface area contributed by atoms with Gasteiger partial charge in [-0.2, -0.15) is 0 Å². The van der Waals surface area contributed by atoms with Crippen molar-refractivity contribution in [1.29, 1.82) is 0 Å². The van der Waals surface area contributed by atoms with Crippen molar-refractivity contribution in [2.75, 3.05) is 14.2 Å². The van der Waals surface area contributed by atoms with Crippen LogP contribution in [0.25, 0.3) is 0 Å². The molecule has 0 saturated heterocycles. The van der Waals surface area contributed by atoms with Crippen LogP contribution in [-0.4, -0.2) is 47.8 Å². The molecule has 1 rings (SSSR count). The minimum absolute atomic E-state index is 0.0154. The van der Waals surface area contributed by atoms with E-state index in [1.54, 1.807) is 45.0 Å². The van der Waals surface area contributed by atoms with Crippen LogP contribution >= 0.6 is 0 Å². The van der Waals surface area contributed by atoms with Crippen molar-refractivity contribution in [2.24, 2.45) is 5.41 Å². The third-order valence-corrected chi connectivity index (χ3v) is 4.22. The van der Waals surface area contributed by atoms with Gasteiger partial charge in [-0.25, -0.2) is 14.7 Å². The van der Waals surface area contributed by atoms with E-state index >= 15 is 0 Å². The summed E-state index contributed by atoms with van der Waals surface area (Å²) < 4.78 is 5.13. The summed E-state index contributed by atoms with van der Waals surface area (Å²) in [6.45, 7) is 4.86. The average Bonchev–Trinajstić information content (AvgIpc) is 2.58. The van der Waals surface area contributed by atoms with Crippen LogP contribution in [0, 0.1) is 5.41 Å². The molecule has 26 heavy (non-hydrogen) atoms. The Bertz CT molecular complexity index is 641. The first-order valence-corrected chi connectivity index (χ1v) is 8.06. The molecule has 0 fully saturated rings. The van der Waals surface area contributed by atoms with Gasteiger partial charge in [0.1, 0.15) is 6.61 Å². The summed E-state index contributed by atoms with van der Waals surface area (Å²) in [5.74, 6) is -1.92. The van der Waals surface area contributed by atoms with Gasteiger partial charge in [-0.15, -0.1) is 0 Å². The van der Waals surface area contributed by atoms with Gasteiger partial charge in [-0.1, -0.05) is 51.1 Å². The van der Waals surface area contributed by atoms with Crippen LogP contribution in [0.5, 0.6) is 0 Å². The molecule has 8 heteroatoms. The largest absolute Gasteiger partial charge is 0.479 e.